The third-order valence-corrected chi connectivity index (χ3v) is 11.1. The van der Waals surface area contributed by atoms with Gasteiger partial charge in [0.15, 0.2) is 9.84 Å². The number of carbonyl (C=O) groups excluding carboxylic acids is 1. The van der Waals surface area contributed by atoms with Crippen LogP contribution in [0.25, 0.3) is 10.9 Å². The second kappa shape index (κ2) is 12.5. The fourth-order valence-corrected chi connectivity index (χ4v) is 8.29. The SMILES string of the molecule is CC(C)c1nc(N[C@H]2CCN([C@H]3CC[C@@H](N(C)C(C)C)C[C@H]3CS(=O)(=O)c3ccccc3)C2=O)c2cc(Cl)ccc2n1. The number of aromatic nitrogens is 2. The number of hydrogen-bond acceptors (Lipinski definition) is 7. The molecule has 2 heterocycles. The summed E-state index contributed by atoms with van der Waals surface area (Å²) in [5.74, 6) is 1.29. The minimum atomic E-state index is -3.51. The van der Waals surface area contributed by atoms with Crippen LogP contribution < -0.4 is 5.32 Å². The molecule has 2 fully saturated rings. The highest BCUT2D eigenvalue weighted by Crippen LogP contribution is 2.36. The number of nitrogens with zero attached hydrogens (tertiary/aromatic N) is 4. The molecule has 1 saturated carbocycles. The molecule has 3 aromatic rings. The number of anilines is 1. The number of fused-ring (bicyclic) bond motifs is 1. The topological polar surface area (TPSA) is 95.5 Å². The number of carbonyl (C=O) groups is 1. The number of halogens is 1. The summed E-state index contributed by atoms with van der Waals surface area (Å²) in [6.07, 6.45) is 3.06. The Bertz CT molecular complexity index is 1530. The average Bonchev–Trinajstić information content (AvgIpc) is 3.32. The van der Waals surface area contributed by atoms with Crippen molar-refractivity contribution in [2.75, 3.05) is 24.7 Å². The lowest BCUT2D eigenvalue weighted by Crippen LogP contribution is -2.52. The summed E-state index contributed by atoms with van der Waals surface area (Å²) in [5, 5.41) is 4.79. The van der Waals surface area contributed by atoms with Gasteiger partial charge in [-0.2, -0.15) is 0 Å². The summed E-state index contributed by atoms with van der Waals surface area (Å²) in [6.45, 7) is 8.99. The number of nitrogens with one attached hydrogen (secondary N) is 1. The highest BCUT2D eigenvalue weighted by molar-refractivity contribution is 7.91. The van der Waals surface area contributed by atoms with Crippen LogP contribution in [-0.4, -0.2) is 77.6 Å². The number of hydrogen-bond donors (Lipinski definition) is 1. The lowest BCUT2D eigenvalue weighted by Gasteiger charge is -2.44. The van der Waals surface area contributed by atoms with Gasteiger partial charge in [0.2, 0.25) is 5.91 Å². The van der Waals surface area contributed by atoms with Crippen molar-refractivity contribution in [3.05, 3.63) is 59.4 Å². The van der Waals surface area contributed by atoms with E-state index in [0.29, 0.717) is 40.6 Å². The second-order valence-electron chi connectivity index (χ2n) is 12.4. The minimum absolute atomic E-state index is 0.00217. The maximum atomic E-state index is 14.0. The van der Waals surface area contributed by atoms with E-state index in [9.17, 15) is 13.2 Å². The molecule has 2 aromatic carbocycles. The normalized spacial score (nSPS) is 23.5. The lowest BCUT2D eigenvalue weighted by molar-refractivity contribution is -0.132. The molecule has 1 aliphatic carbocycles. The van der Waals surface area contributed by atoms with E-state index in [1.165, 1.54) is 0 Å². The molecule has 5 rings (SSSR count). The fourth-order valence-electron chi connectivity index (χ4n) is 6.43. The third-order valence-electron chi connectivity index (χ3n) is 8.98. The van der Waals surface area contributed by atoms with Gasteiger partial charge in [0, 0.05) is 41.0 Å². The number of amides is 1. The van der Waals surface area contributed by atoms with Gasteiger partial charge < -0.3 is 15.1 Å². The molecular weight excluding hydrogens is 570 g/mol. The van der Waals surface area contributed by atoms with Gasteiger partial charge in [0.05, 0.1) is 16.2 Å². The molecule has 0 spiro atoms. The smallest absolute Gasteiger partial charge is 0.245 e. The predicted molar refractivity (Wildman–Crippen MR) is 169 cm³/mol. The molecule has 0 radical (unpaired) electrons. The number of sulfone groups is 1. The molecular formula is C32H42ClN5O3S. The second-order valence-corrected chi connectivity index (χ2v) is 14.9. The fraction of sp³-hybridized carbons (Fsp3) is 0.531. The third kappa shape index (κ3) is 6.43. The minimum Gasteiger partial charge on any atom is -0.358 e. The molecule has 1 aromatic heterocycles. The van der Waals surface area contributed by atoms with Crippen molar-refractivity contribution in [3.63, 3.8) is 0 Å². The Labute approximate surface area is 254 Å². The van der Waals surface area contributed by atoms with Gasteiger partial charge in [0.1, 0.15) is 17.7 Å². The first kappa shape index (κ1) is 30.7. The van der Waals surface area contributed by atoms with Crippen molar-refractivity contribution in [2.24, 2.45) is 5.92 Å². The van der Waals surface area contributed by atoms with Crippen molar-refractivity contribution in [3.8, 4) is 0 Å². The largest absolute Gasteiger partial charge is 0.358 e. The molecule has 2 aliphatic rings. The quantitative estimate of drug-likeness (QED) is 0.328. The van der Waals surface area contributed by atoms with Crippen molar-refractivity contribution in [2.45, 2.75) is 88.4 Å². The van der Waals surface area contributed by atoms with E-state index in [2.05, 4.69) is 31.1 Å². The van der Waals surface area contributed by atoms with Crippen molar-refractivity contribution >= 4 is 44.1 Å². The van der Waals surface area contributed by atoms with Crippen molar-refractivity contribution < 1.29 is 13.2 Å². The van der Waals surface area contributed by atoms with Crippen molar-refractivity contribution in [1.82, 2.24) is 19.8 Å². The first-order valence-corrected chi connectivity index (χ1v) is 17.0. The van der Waals surface area contributed by atoms with Gasteiger partial charge in [-0.1, -0.05) is 43.6 Å². The van der Waals surface area contributed by atoms with Crippen LogP contribution in [0, 0.1) is 5.92 Å². The first-order valence-electron chi connectivity index (χ1n) is 15.0. The Kier molecular flexibility index (Phi) is 9.11. The lowest BCUT2D eigenvalue weighted by atomic mass is 9.81. The molecule has 1 saturated heterocycles. The summed E-state index contributed by atoms with van der Waals surface area (Å²) in [6, 6.07) is 14.2. The molecule has 0 bridgehead atoms. The Hall–Kier alpha value is -2.75. The molecule has 1 N–H and O–H groups in total. The van der Waals surface area contributed by atoms with Gasteiger partial charge in [-0.25, -0.2) is 18.4 Å². The van der Waals surface area contributed by atoms with Gasteiger partial charge in [-0.3, -0.25) is 4.79 Å². The maximum Gasteiger partial charge on any atom is 0.245 e. The van der Waals surface area contributed by atoms with E-state index in [1.54, 1.807) is 24.3 Å². The van der Waals surface area contributed by atoms with Crippen LogP contribution in [0.5, 0.6) is 0 Å². The van der Waals surface area contributed by atoms with Crippen LogP contribution in [0.3, 0.4) is 0 Å². The Morgan fingerprint density at radius 2 is 1.79 bits per heavy atom. The molecule has 8 nitrogen and oxygen atoms in total. The van der Waals surface area contributed by atoms with Crippen LogP contribution in [-0.2, 0) is 14.6 Å². The van der Waals surface area contributed by atoms with E-state index in [4.69, 9.17) is 21.6 Å². The maximum absolute atomic E-state index is 14.0. The van der Waals surface area contributed by atoms with Crippen molar-refractivity contribution in [1.29, 1.82) is 0 Å². The molecule has 0 unspecified atom stereocenters. The number of rotatable bonds is 9. The summed E-state index contributed by atoms with van der Waals surface area (Å²) in [4.78, 5) is 28.1. The summed E-state index contributed by atoms with van der Waals surface area (Å²) >= 11 is 6.32. The van der Waals surface area contributed by atoms with Gasteiger partial charge >= 0.3 is 0 Å². The van der Waals surface area contributed by atoms with E-state index < -0.39 is 15.9 Å². The first-order chi connectivity index (χ1) is 19.9. The van der Waals surface area contributed by atoms with Crippen LogP contribution in [0.1, 0.15) is 65.1 Å². The summed E-state index contributed by atoms with van der Waals surface area (Å²) in [7, 11) is -1.40. The molecule has 1 amide bonds. The Morgan fingerprint density at radius 3 is 2.48 bits per heavy atom. The van der Waals surface area contributed by atoms with Crippen LogP contribution in [0.15, 0.2) is 53.4 Å². The zero-order valence-electron chi connectivity index (χ0n) is 25.1. The van der Waals surface area contributed by atoms with Crippen LogP contribution in [0.4, 0.5) is 5.82 Å². The Balaban J connectivity index is 1.40. The monoisotopic (exact) mass is 611 g/mol. The molecule has 1 aliphatic heterocycles. The van der Waals surface area contributed by atoms with E-state index in [1.807, 2.05) is 43.0 Å². The van der Waals surface area contributed by atoms with E-state index in [0.717, 1.165) is 30.2 Å². The molecule has 226 valence electrons. The number of benzene rings is 2. The standard InChI is InChI=1S/C32H42ClN5O3S/c1-20(2)30-34-27-13-11-23(33)18-26(27)31(36-30)35-28-15-16-38(32(28)39)29-14-12-24(37(5)21(3)4)17-22(29)19-42(40,41)25-9-7-6-8-10-25/h6-11,13,18,20-22,24,28-29H,12,14-17,19H2,1-5H3,(H,34,35,36)/t22-,24+,28-,29-/m0/s1. The van der Waals surface area contributed by atoms with E-state index >= 15 is 0 Å². The zero-order chi connectivity index (χ0) is 30.2. The van der Waals surface area contributed by atoms with Crippen LogP contribution in [0.2, 0.25) is 5.02 Å². The van der Waals surface area contributed by atoms with Gasteiger partial charge in [0.25, 0.3) is 0 Å². The van der Waals surface area contributed by atoms with Crippen LogP contribution >= 0.6 is 11.6 Å². The molecule has 42 heavy (non-hydrogen) atoms. The average molecular weight is 612 g/mol. The predicted octanol–water partition coefficient (Wildman–Crippen LogP) is 5.77. The zero-order valence-corrected chi connectivity index (χ0v) is 26.7. The van der Waals surface area contributed by atoms with Gasteiger partial charge in [-0.15, -0.1) is 0 Å². The highest BCUT2D eigenvalue weighted by atomic mass is 35.5. The molecule has 4 atom stereocenters. The highest BCUT2D eigenvalue weighted by Gasteiger charge is 2.44. The van der Waals surface area contributed by atoms with E-state index in [-0.39, 0.29) is 35.6 Å². The number of likely N-dealkylation sites (tertiary alicyclic amines) is 1. The summed E-state index contributed by atoms with van der Waals surface area (Å²) < 4.78 is 27.1. The molecule has 10 heteroatoms. The Morgan fingerprint density at radius 1 is 1.05 bits per heavy atom. The summed E-state index contributed by atoms with van der Waals surface area (Å²) in [5.41, 5.74) is 0.779. The van der Waals surface area contributed by atoms with Gasteiger partial charge in [-0.05, 0) is 82.8 Å².